The van der Waals surface area contributed by atoms with Crippen LogP contribution >= 0.6 is 22.6 Å². The number of aromatic nitrogens is 5. The van der Waals surface area contributed by atoms with Crippen molar-refractivity contribution >= 4 is 39.2 Å². The zero-order valence-corrected chi connectivity index (χ0v) is 18.3. The number of hydrogen-bond acceptors (Lipinski definition) is 6. The Bertz CT molecular complexity index is 1120. The predicted octanol–water partition coefficient (Wildman–Crippen LogP) is 4.40. The molecule has 5 rings (SSSR count). The molecule has 1 saturated heterocycles. The zero-order valence-electron chi connectivity index (χ0n) is 16.1. The lowest BCUT2D eigenvalue weighted by Crippen LogP contribution is -2.36. The fourth-order valence-corrected chi connectivity index (χ4v) is 4.72. The van der Waals surface area contributed by atoms with Crippen molar-refractivity contribution in [2.75, 3.05) is 6.61 Å². The van der Waals surface area contributed by atoms with Crippen molar-refractivity contribution in [3.63, 3.8) is 0 Å². The Hall–Kier alpha value is -2.15. The molecule has 0 amide bonds. The van der Waals surface area contributed by atoms with E-state index in [-0.39, 0.29) is 24.2 Å². The quantitative estimate of drug-likeness (QED) is 0.278. The molecule has 30 heavy (non-hydrogen) atoms. The van der Waals surface area contributed by atoms with Gasteiger partial charge in [0, 0.05) is 12.8 Å². The van der Waals surface area contributed by atoms with Crippen LogP contribution in [0, 0.1) is 13.8 Å². The molecule has 1 aliphatic carbocycles. The normalized spacial score (nSPS) is 20.9. The van der Waals surface area contributed by atoms with E-state index in [1.54, 1.807) is 16.9 Å². The molecule has 1 unspecified atom stereocenters. The molecule has 2 aliphatic rings. The molecule has 1 atom stereocenters. The summed E-state index contributed by atoms with van der Waals surface area (Å²) < 4.78 is 24.3. The Morgan fingerprint density at radius 2 is 2.17 bits per heavy atom. The van der Waals surface area contributed by atoms with Crippen LogP contribution in [0.4, 0.5) is 10.1 Å². The Balaban J connectivity index is 1.57. The highest BCUT2D eigenvalue weighted by molar-refractivity contribution is 14.1. The van der Waals surface area contributed by atoms with Gasteiger partial charge in [0.1, 0.15) is 21.8 Å². The number of halogens is 2. The monoisotopic (exact) mass is 526 g/mol. The first kappa shape index (κ1) is 19.8. The summed E-state index contributed by atoms with van der Waals surface area (Å²) in [5, 5.41) is 21.4. The van der Waals surface area contributed by atoms with Gasteiger partial charge in [-0.3, -0.25) is 19.8 Å². The first-order chi connectivity index (χ1) is 14.4. The van der Waals surface area contributed by atoms with Crippen molar-refractivity contribution < 1.29 is 14.1 Å². The Morgan fingerprint density at radius 3 is 2.83 bits per heavy atom. The lowest BCUT2D eigenvalue weighted by atomic mass is 9.82. The van der Waals surface area contributed by atoms with Gasteiger partial charge in [-0.1, -0.05) is 0 Å². The smallest absolute Gasteiger partial charge is 0.316 e. The van der Waals surface area contributed by atoms with Crippen molar-refractivity contribution in [3.05, 3.63) is 32.3 Å². The molecule has 0 spiro atoms. The summed E-state index contributed by atoms with van der Waals surface area (Å²) in [5.74, 6) is 0. The van der Waals surface area contributed by atoms with Crippen LogP contribution in [-0.2, 0) is 11.3 Å². The molecule has 1 aliphatic heterocycles. The van der Waals surface area contributed by atoms with E-state index in [4.69, 9.17) is 4.74 Å². The van der Waals surface area contributed by atoms with Gasteiger partial charge in [0.25, 0.3) is 0 Å². The Kier molecular flexibility index (Phi) is 4.96. The van der Waals surface area contributed by atoms with E-state index in [0.29, 0.717) is 30.7 Å². The molecule has 9 nitrogen and oxygen atoms in total. The third-order valence-electron chi connectivity index (χ3n) is 5.88. The molecule has 0 radical (unpaired) electrons. The van der Waals surface area contributed by atoms with Crippen LogP contribution in [-0.4, -0.2) is 41.7 Å². The number of pyridine rings is 1. The summed E-state index contributed by atoms with van der Waals surface area (Å²) in [6, 6.07) is 1.72. The number of nitro groups is 1. The van der Waals surface area contributed by atoms with E-state index in [2.05, 4.69) is 37.8 Å². The number of fused-ring (bicyclic) bond motifs is 1. The second-order valence-electron chi connectivity index (χ2n) is 7.96. The topological polar surface area (TPSA) is 101 Å². The minimum absolute atomic E-state index is 0.127. The lowest BCUT2D eigenvalue weighted by molar-refractivity contribution is -0.384. The summed E-state index contributed by atoms with van der Waals surface area (Å²) in [5.41, 5.74) is -0.124. The molecule has 4 heterocycles. The van der Waals surface area contributed by atoms with E-state index in [1.807, 2.05) is 0 Å². The highest BCUT2D eigenvalue weighted by Crippen LogP contribution is 2.38. The maximum Gasteiger partial charge on any atom is 0.316 e. The van der Waals surface area contributed by atoms with Gasteiger partial charge >= 0.3 is 5.69 Å². The van der Waals surface area contributed by atoms with Gasteiger partial charge in [-0.2, -0.15) is 10.2 Å². The molecule has 3 aromatic rings. The molecule has 158 valence electrons. The fourth-order valence-electron chi connectivity index (χ4n) is 4.05. The molecule has 0 bridgehead atoms. The van der Waals surface area contributed by atoms with Crippen LogP contribution in [0.25, 0.3) is 22.3 Å². The second-order valence-corrected chi connectivity index (χ2v) is 8.98. The zero-order chi connectivity index (χ0) is 20.9. The van der Waals surface area contributed by atoms with E-state index < -0.39 is 10.6 Å². The molecule has 3 aromatic heterocycles. The third kappa shape index (κ3) is 3.47. The summed E-state index contributed by atoms with van der Waals surface area (Å²) in [6.07, 6.45) is 7.38. The number of hydrogen-bond donors (Lipinski definition) is 0. The van der Waals surface area contributed by atoms with Crippen molar-refractivity contribution in [1.29, 1.82) is 0 Å². The number of rotatable bonds is 5. The fraction of sp³-hybridized carbons (Fsp3) is 0.526. The van der Waals surface area contributed by atoms with Crippen LogP contribution in [0.15, 0.2) is 18.5 Å². The van der Waals surface area contributed by atoms with Gasteiger partial charge in [-0.05, 0) is 67.2 Å². The largest absolute Gasteiger partial charge is 0.357 e. The molecular weight excluding hydrogens is 506 g/mol. The lowest BCUT2D eigenvalue weighted by Gasteiger charge is -2.33. The predicted molar refractivity (Wildman–Crippen MR) is 115 cm³/mol. The summed E-state index contributed by atoms with van der Waals surface area (Å²) in [4.78, 5) is 15.6. The standard InChI is InChI=1S/C19H20FIN6O3/c20-19(5-3-6-19)11-26-14-8-13(22-9-12(14)18(21)24-26)17-15(27(28)29)10-25(23-17)16-4-1-2-7-30-16/h8-10,16H,1-7,11H2. The van der Waals surface area contributed by atoms with Crippen molar-refractivity contribution in [1.82, 2.24) is 24.5 Å². The average Bonchev–Trinajstić information content (AvgIpc) is 3.30. The van der Waals surface area contributed by atoms with E-state index in [0.717, 1.165) is 34.8 Å². The minimum Gasteiger partial charge on any atom is -0.357 e. The SMILES string of the molecule is O=[N+]([O-])c1cn(C2CCCCO2)nc1-c1cc2c(cn1)c(I)nn2CC1(F)CCC1. The van der Waals surface area contributed by atoms with Gasteiger partial charge in [0.15, 0.2) is 5.69 Å². The second kappa shape index (κ2) is 7.52. The Morgan fingerprint density at radius 1 is 1.33 bits per heavy atom. The molecule has 1 saturated carbocycles. The van der Waals surface area contributed by atoms with Gasteiger partial charge in [-0.25, -0.2) is 9.07 Å². The molecule has 0 aromatic carbocycles. The highest BCUT2D eigenvalue weighted by atomic mass is 127. The molecule has 2 fully saturated rings. The van der Waals surface area contributed by atoms with E-state index in [9.17, 15) is 14.5 Å². The molecular formula is C19H20FIN6O3. The van der Waals surface area contributed by atoms with Crippen LogP contribution in [0.5, 0.6) is 0 Å². The first-order valence-electron chi connectivity index (χ1n) is 10.00. The number of ether oxygens (including phenoxy) is 1. The maximum atomic E-state index is 14.7. The van der Waals surface area contributed by atoms with Gasteiger partial charge in [-0.15, -0.1) is 0 Å². The van der Waals surface area contributed by atoms with Crippen molar-refractivity contribution in [2.24, 2.45) is 0 Å². The highest BCUT2D eigenvalue weighted by Gasteiger charge is 2.38. The van der Waals surface area contributed by atoms with Crippen LogP contribution in [0.2, 0.25) is 0 Å². The minimum atomic E-state index is -1.24. The summed E-state index contributed by atoms with van der Waals surface area (Å²) in [7, 11) is 0. The van der Waals surface area contributed by atoms with Gasteiger partial charge in [0.05, 0.1) is 28.1 Å². The van der Waals surface area contributed by atoms with Crippen LogP contribution < -0.4 is 0 Å². The van der Waals surface area contributed by atoms with Crippen molar-refractivity contribution in [2.45, 2.75) is 57.0 Å². The average molecular weight is 526 g/mol. The Labute approximate surface area is 184 Å². The van der Waals surface area contributed by atoms with E-state index >= 15 is 0 Å². The maximum absolute atomic E-state index is 14.7. The number of nitrogens with zero attached hydrogens (tertiary/aromatic N) is 6. The number of alkyl halides is 1. The van der Waals surface area contributed by atoms with Gasteiger partial charge < -0.3 is 4.74 Å². The third-order valence-corrected chi connectivity index (χ3v) is 6.67. The van der Waals surface area contributed by atoms with Crippen LogP contribution in [0.1, 0.15) is 44.8 Å². The summed E-state index contributed by atoms with van der Waals surface area (Å²) in [6.45, 7) is 0.781. The first-order valence-corrected chi connectivity index (χ1v) is 11.1. The van der Waals surface area contributed by atoms with Crippen LogP contribution in [0.3, 0.4) is 0 Å². The van der Waals surface area contributed by atoms with Crippen molar-refractivity contribution in [3.8, 4) is 11.4 Å². The van der Waals surface area contributed by atoms with Gasteiger partial charge in [0.2, 0.25) is 0 Å². The van der Waals surface area contributed by atoms with E-state index in [1.165, 1.54) is 10.9 Å². The molecule has 0 N–H and O–H groups in total. The summed E-state index contributed by atoms with van der Waals surface area (Å²) >= 11 is 2.10. The molecule has 11 heteroatoms.